The summed E-state index contributed by atoms with van der Waals surface area (Å²) in [5, 5.41) is 3.90. The molecule has 0 amide bonds. The smallest absolute Gasteiger partial charge is 0.400 e. The number of aromatic nitrogens is 3. The fourth-order valence-corrected chi connectivity index (χ4v) is 5.09. The standard InChI is InChI=1S/C24H18BrN4O3P/c25-19-12-13-22-18(16-19)17-23(29(22)24-26-14-7-15-27-24)28-33(30,31-20-8-3-1-4-9-20)32-21-10-5-2-6-11-21/h1-17H,(H,28,30). The van der Waals surface area contributed by atoms with Gasteiger partial charge in [-0.2, -0.15) is 0 Å². The zero-order valence-electron chi connectivity index (χ0n) is 17.2. The van der Waals surface area contributed by atoms with Crippen LogP contribution in [0.25, 0.3) is 16.9 Å². The monoisotopic (exact) mass is 520 g/mol. The van der Waals surface area contributed by atoms with Crippen LogP contribution in [0.3, 0.4) is 0 Å². The highest BCUT2D eigenvalue weighted by Crippen LogP contribution is 2.49. The summed E-state index contributed by atoms with van der Waals surface area (Å²) in [4.78, 5) is 8.76. The molecule has 0 unspecified atom stereocenters. The molecule has 0 fully saturated rings. The maximum Gasteiger partial charge on any atom is 0.542 e. The molecule has 0 aliphatic rings. The van der Waals surface area contributed by atoms with Crippen LogP contribution in [0.5, 0.6) is 11.5 Å². The second-order valence-corrected chi connectivity index (χ2v) is 9.53. The topological polar surface area (TPSA) is 78.3 Å². The van der Waals surface area contributed by atoms with Crippen molar-refractivity contribution < 1.29 is 13.6 Å². The van der Waals surface area contributed by atoms with E-state index >= 15 is 0 Å². The Bertz CT molecular complexity index is 1380. The molecule has 0 aliphatic heterocycles. The van der Waals surface area contributed by atoms with Crippen LogP contribution in [0.4, 0.5) is 5.82 Å². The fraction of sp³-hybridized carbons (Fsp3) is 0. The van der Waals surface area contributed by atoms with E-state index in [4.69, 9.17) is 9.05 Å². The molecule has 0 spiro atoms. The first-order valence-corrected chi connectivity index (χ1v) is 12.4. The quantitative estimate of drug-likeness (QED) is 0.236. The second kappa shape index (κ2) is 9.10. The van der Waals surface area contributed by atoms with Crippen LogP contribution >= 0.6 is 23.7 Å². The Morgan fingerprint density at radius 2 is 1.39 bits per heavy atom. The number of rotatable bonds is 7. The summed E-state index contributed by atoms with van der Waals surface area (Å²) in [6, 6.07) is 27.2. The average Bonchev–Trinajstić information content (AvgIpc) is 3.17. The van der Waals surface area contributed by atoms with Crippen LogP contribution in [0.2, 0.25) is 0 Å². The molecule has 3 aromatic carbocycles. The molecule has 5 aromatic rings. The predicted molar refractivity (Wildman–Crippen MR) is 132 cm³/mol. The van der Waals surface area contributed by atoms with E-state index in [0.29, 0.717) is 23.3 Å². The number of para-hydroxylation sites is 2. The molecule has 2 heterocycles. The van der Waals surface area contributed by atoms with Crippen molar-refractivity contribution in [1.82, 2.24) is 14.5 Å². The van der Waals surface area contributed by atoms with Gasteiger partial charge in [0.1, 0.15) is 17.3 Å². The predicted octanol–water partition coefficient (Wildman–Crippen LogP) is 6.86. The minimum Gasteiger partial charge on any atom is -0.400 e. The molecule has 1 N–H and O–H groups in total. The van der Waals surface area contributed by atoms with Gasteiger partial charge >= 0.3 is 7.75 Å². The number of fused-ring (bicyclic) bond motifs is 1. The van der Waals surface area contributed by atoms with Crippen molar-refractivity contribution in [2.45, 2.75) is 0 Å². The molecule has 2 aromatic heterocycles. The summed E-state index contributed by atoms with van der Waals surface area (Å²) in [6.45, 7) is 0. The third-order valence-electron chi connectivity index (χ3n) is 4.70. The molecule has 0 atom stereocenters. The highest BCUT2D eigenvalue weighted by molar-refractivity contribution is 9.10. The highest BCUT2D eigenvalue weighted by Gasteiger charge is 2.31. The van der Waals surface area contributed by atoms with Gasteiger partial charge in [-0.05, 0) is 54.6 Å². The molecular weight excluding hydrogens is 503 g/mol. The Kier molecular flexibility index (Phi) is 5.86. The number of hydrogen-bond acceptors (Lipinski definition) is 5. The van der Waals surface area contributed by atoms with Gasteiger partial charge in [-0.1, -0.05) is 52.3 Å². The number of benzene rings is 3. The van der Waals surface area contributed by atoms with Crippen LogP contribution in [-0.2, 0) is 4.57 Å². The molecule has 0 radical (unpaired) electrons. The van der Waals surface area contributed by atoms with Crippen molar-refractivity contribution in [2.24, 2.45) is 0 Å². The number of nitrogens with one attached hydrogen (secondary N) is 1. The summed E-state index contributed by atoms with van der Waals surface area (Å²) in [6.07, 6.45) is 3.30. The van der Waals surface area contributed by atoms with Crippen molar-refractivity contribution in [3.63, 3.8) is 0 Å². The number of hydrogen-bond donors (Lipinski definition) is 1. The van der Waals surface area contributed by atoms with E-state index in [2.05, 4.69) is 31.0 Å². The van der Waals surface area contributed by atoms with Crippen LogP contribution in [0, 0.1) is 0 Å². The Morgan fingerprint density at radius 3 is 2.00 bits per heavy atom. The van der Waals surface area contributed by atoms with Crippen molar-refractivity contribution in [3.8, 4) is 17.4 Å². The first kappa shape index (κ1) is 21.2. The van der Waals surface area contributed by atoms with E-state index in [-0.39, 0.29) is 0 Å². The first-order chi connectivity index (χ1) is 16.1. The van der Waals surface area contributed by atoms with Crippen LogP contribution < -0.4 is 14.1 Å². The normalized spacial score (nSPS) is 11.3. The molecule has 7 nitrogen and oxygen atoms in total. The van der Waals surface area contributed by atoms with Gasteiger partial charge in [-0.3, -0.25) is 9.65 Å². The van der Waals surface area contributed by atoms with Crippen molar-refractivity contribution >= 4 is 40.4 Å². The lowest BCUT2D eigenvalue weighted by molar-refractivity contribution is 0.392. The summed E-state index contributed by atoms with van der Waals surface area (Å²) in [5.41, 5.74) is 0.831. The molecule has 0 saturated carbocycles. The van der Waals surface area contributed by atoms with Crippen molar-refractivity contribution in [3.05, 3.63) is 108 Å². The summed E-state index contributed by atoms with van der Waals surface area (Å²) in [5.74, 6) is 1.70. The third-order valence-corrected chi connectivity index (χ3v) is 6.60. The fourth-order valence-electron chi connectivity index (χ4n) is 3.34. The first-order valence-electron chi connectivity index (χ1n) is 10.1. The van der Waals surface area contributed by atoms with E-state index in [1.807, 2.05) is 36.4 Å². The zero-order valence-corrected chi connectivity index (χ0v) is 19.7. The zero-order chi connectivity index (χ0) is 22.7. The van der Waals surface area contributed by atoms with Crippen LogP contribution in [0.15, 0.2) is 108 Å². The summed E-state index contributed by atoms with van der Waals surface area (Å²) in [7, 11) is -3.94. The summed E-state index contributed by atoms with van der Waals surface area (Å²) >= 11 is 3.51. The van der Waals surface area contributed by atoms with Crippen molar-refractivity contribution in [1.29, 1.82) is 0 Å². The van der Waals surface area contributed by atoms with E-state index in [9.17, 15) is 4.57 Å². The largest absolute Gasteiger partial charge is 0.542 e. The average molecular weight is 521 g/mol. The van der Waals surface area contributed by atoms with E-state index in [1.165, 1.54) is 0 Å². The van der Waals surface area contributed by atoms with Crippen molar-refractivity contribution in [2.75, 3.05) is 5.09 Å². The lowest BCUT2D eigenvalue weighted by atomic mass is 10.2. The van der Waals surface area contributed by atoms with Gasteiger partial charge in [0.05, 0.1) is 5.52 Å². The second-order valence-electron chi connectivity index (χ2n) is 7.03. The molecule has 33 heavy (non-hydrogen) atoms. The molecule has 0 bridgehead atoms. The maximum atomic E-state index is 14.0. The molecular formula is C24H18BrN4O3P. The van der Waals surface area contributed by atoms with Gasteiger partial charge in [-0.15, -0.1) is 0 Å². The van der Waals surface area contributed by atoms with Gasteiger partial charge in [-0.25, -0.2) is 14.5 Å². The third kappa shape index (κ3) is 4.77. The Morgan fingerprint density at radius 1 is 0.788 bits per heavy atom. The molecule has 9 heteroatoms. The number of halogens is 1. The molecule has 0 aliphatic carbocycles. The highest BCUT2D eigenvalue weighted by atomic mass is 79.9. The van der Waals surface area contributed by atoms with Gasteiger partial charge < -0.3 is 9.05 Å². The van der Waals surface area contributed by atoms with E-state index in [1.54, 1.807) is 71.6 Å². The van der Waals surface area contributed by atoms with Gasteiger partial charge in [0.25, 0.3) is 0 Å². The van der Waals surface area contributed by atoms with Gasteiger partial charge in [0.15, 0.2) is 0 Å². The molecule has 0 saturated heterocycles. The van der Waals surface area contributed by atoms with Gasteiger partial charge in [0.2, 0.25) is 5.95 Å². The van der Waals surface area contributed by atoms with E-state index < -0.39 is 7.75 Å². The molecule has 164 valence electrons. The lowest BCUT2D eigenvalue weighted by Crippen LogP contribution is -2.13. The van der Waals surface area contributed by atoms with Crippen LogP contribution in [0.1, 0.15) is 0 Å². The Labute approximate surface area is 198 Å². The SMILES string of the molecule is O=P(Nc1cc2cc(Br)ccc2n1-c1ncccn1)(Oc1ccccc1)Oc1ccccc1. The minimum absolute atomic E-state index is 0.408. The maximum absolute atomic E-state index is 14.0. The Hall–Kier alpha value is -3.61. The van der Waals surface area contributed by atoms with Gasteiger partial charge in [0, 0.05) is 22.3 Å². The lowest BCUT2D eigenvalue weighted by Gasteiger charge is -2.21. The van der Waals surface area contributed by atoms with Crippen LogP contribution in [-0.4, -0.2) is 14.5 Å². The number of nitrogens with zero attached hydrogens (tertiary/aromatic N) is 3. The molecule has 5 rings (SSSR count). The minimum atomic E-state index is -3.94. The van der Waals surface area contributed by atoms with E-state index in [0.717, 1.165) is 15.4 Å². The Balaban J connectivity index is 1.61. The number of anilines is 1. The summed E-state index contributed by atoms with van der Waals surface area (Å²) < 4.78 is 28.5.